The van der Waals surface area contributed by atoms with Crippen molar-refractivity contribution >= 4 is 11.5 Å². The summed E-state index contributed by atoms with van der Waals surface area (Å²) in [6.07, 6.45) is 0. The van der Waals surface area contributed by atoms with Crippen LogP contribution in [0.2, 0.25) is 0 Å². The van der Waals surface area contributed by atoms with Gasteiger partial charge < -0.3 is 5.32 Å². The highest BCUT2D eigenvalue weighted by Gasteiger charge is 2.05. The Morgan fingerprint density at radius 2 is 1.92 bits per heavy atom. The number of carbonyl (C=O) groups excluding carboxylic acids is 1. The predicted molar refractivity (Wildman–Crippen MR) is 50.2 cm³/mol. The van der Waals surface area contributed by atoms with Crippen molar-refractivity contribution < 1.29 is 9.18 Å². The summed E-state index contributed by atoms with van der Waals surface area (Å²) in [5, 5.41) is 2.95. The Balaban J connectivity index is 2.64. The number of carbonyl (C=O) groups is 1. The molecular formula is C10H12FNO. The van der Waals surface area contributed by atoms with Gasteiger partial charge in [0.05, 0.1) is 6.04 Å². The average molecular weight is 181 g/mol. The smallest absolute Gasteiger partial charge is 0.151 e. The molecule has 0 heterocycles. The van der Waals surface area contributed by atoms with Crippen molar-refractivity contribution in [1.82, 2.24) is 0 Å². The fourth-order valence-electron chi connectivity index (χ4n) is 0.898. The molecule has 1 aromatic carbocycles. The van der Waals surface area contributed by atoms with Gasteiger partial charge in [-0.1, -0.05) is 0 Å². The zero-order chi connectivity index (χ0) is 9.84. The Morgan fingerprint density at radius 3 is 2.38 bits per heavy atom. The Hall–Kier alpha value is -1.38. The molecule has 0 aliphatic rings. The van der Waals surface area contributed by atoms with Crippen molar-refractivity contribution in [1.29, 1.82) is 0 Å². The Morgan fingerprint density at radius 1 is 1.38 bits per heavy atom. The maximum atomic E-state index is 12.5. The third-order valence-electron chi connectivity index (χ3n) is 1.84. The van der Waals surface area contributed by atoms with Gasteiger partial charge in [-0.05, 0) is 38.1 Å². The summed E-state index contributed by atoms with van der Waals surface area (Å²) in [5.74, 6) is -0.217. The summed E-state index contributed by atoms with van der Waals surface area (Å²) in [7, 11) is 0. The number of ketones is 1. The van der Waals surface area contributed by atoms with Gasteiger partial charge in [0.1, 0.15) is 5.82 Å². The van der Waals surface area contributed by atoms with Crippen LogP contribution in [0.3, 0.4) is 0 Å². The highest BCUT2D eigenvalue weighted by molar-refractivity contribution is 5.83. The zero-order valence-corrected chi connectivity index (χ0v) is 7.67. The van der Waals surface area contributed by atoms with E-state index in [0.717, 1.165) is 5.69 Å². The number of hydrogen-bond acceptors (Lipinski definition) is 2. The van der Waals surface area contributed by atoms with Crippen LogP contribution in [0.1, 0.15) is 13.8 Å². The fraction of sp³-hybridized carbons (Fsp3) is 0.300. The summed E-state index contributed by atoms with van der Waals surface area (Å²) in [6.45, 7) is 3.28. The Kier molecular flexibility index (Phi) is 3.01. The van der Waals surface area contributed by atoms with Crippen molar-refractivity contribution in [2.24, 2.45) is 0 Å². The molecule has 1 aromatic rings. The molecule has 1 atom stereocenters. The SMILES string of the molecule is CC(=O)C(C)Nc1ccc(F)cc1. The lowest BCUT2D eigenvalue weighted by Crippen LogP contribution is -2.23. The first-order chi connectivity index (χ1) is 6.09. The van der Waals surface area contributed by atoms with E-state index < -0.39 is 0 Å². The van der Waals surface area contributed by atoms with E-state index in [1.54, 1.807) is 19.1 Å². The minimum atomic E-state index is -0.277. The molecule has 2 nitrogen and oxygen atoms in total. The number of rotatable bonds is 3. The largest absolute Gasteiger partial charge is 0.376 e. The van der Waals surface area contributed by atoms with E-state index in [1.807, 2.05) is 0 Å². The molecule has 0 amide bonds. The van der Waals surface area contributed by atoms with E-state index in [2.05, 4.69) is 5.32 Å². The number of benzene rings is 1. The maximum absolute atomic E-state index is 12.5. The van der Waals surface area contributed by atoms with Gasteiger partial charge in [-0.3, -0.25) is 4.79 Å². The van der Waals surface area contributed by atoms with Crippen molar-refractivity contribution in [3.8, 4) is 0 Å². The van der Waals surface area contributed by atoms with E-state index >= 15 is 0 Å². The monoisotopic (exact) mass is 181 g/mol. The van der Waals surface area contributed by atoms with E-state index in [0.29, 0.717) is 0 Å². The van der Waals surface area contributed by atoms with Crippen LogP contribution in [0.15, 0.2) is 24.3 Å². The van der Waals surface area contributed by atoms with E-state index in [1.165, 1.54) is 19.1 Å². The van der Waals surface area contributed by atoms with Crippen LogP contribution in [0.4, 0.5) is 10.1 Å². The molecule has 0 aliphatic heterocycles. The minimum Gasteiger partial charge on any atom is -0.376 e. The molecule has 0 saturated carbocycles. The first-order valence-corrected chi connectivity index (χ1v) is 4.12. The summed E-state index contributed by atoms with van der Waals surface area (Å²) in [5.41, 5.74) is 0.754. The lowest BCUT2D eigenvalue weighted by molar-refractivity contribution is -0.117. The second-order valence-electron chi connectivity index (χ2n) is 2.98. The van der Waals surface area contributed by atoms with Crippen LogP contribution in [0, 0.1) is 5.82 Å². The van der Waals surface area contributed by atoms with Gasteiger partial charge in [-0.15, -0.1) is 0 Å². The third kappa shape index (κ3) is 2.86. The summed E-state index contributed by atoms with van der Waals surface area (Å²) >= 11 is 0. The molecule has 0 spiro atoms. The average Bonchev–Trinajstić information content (AvgIpc) is 2.08. The Labute approximate surface area is 76.8 Å². The molecule has 1 rings (SSSR count). The van der Waals surface area contributed by atoms with E-state index in [4.69, 9.17) is 0 Å². The number of Topliss-reactive ketones (excluding diaryl/α,β-unsaturated/α-hetero) is 1. The van der Waals surface area contributed by atoms with E-state index in [9.17, 15) is 9.18 Å². The Bertz CT molecular complexity index is 294. The molecule has 13 heavy (non-hydrogen) atoms. The van der Waals surface area contributed by atoms with Gasteiger partial charge in [-0.25, -0.2) is 4.39 Å². The van der Waals surface area contributed by atoms with Gasteiger partial charge >= 0.3 is 0 Å². The van der Waals surface area contributed by atoms with Crippen LogP contribution >= 0.6 is 0 Å². The lowest BCUT2D eigenvalue weighted by atomic mass is 10.2. The predicted octanol–water partition coefficient (Wildman–Crippen LogP) is 2.22. The number of halogens is 1. The molecule has 0 aliphatic carbocycles. The molecule has 3 heteroatoms. The summed E-state index contributed by atoms with van der Waals surface area (Å²) in [6, 6.07) is 5.69. The molecule has 0 saturated heterocycles. The second-order valence-corrected chi connectivity index (χ2v) is 2.98. The normalized spacial score (nSPS) is 12.2. The zero-order valence-electron chi connectivity index (χ0n) is 7.67. The summed E-state index contributed by atoms with van der Waals surface area (Å²) < 4.78 is 12.5. The van der Waals surface area contributed by atoms with Crippen molar-refractivity contribution in [2.45, 2.75) is 19.9 Å². The third-order valence-corrected chi connectivity index (χ3v) is 1.84. The minimum absolute atomic E-state index is 0.0596. The van der Waals surface area contributed by atoms with Gasteiger partial charge in [-0.2, -0.15) is 0 Å². The van der Waals surface area contributed by atoms with Gasteiger partial charge in [0.15, 0.2) is 5.78 Å². The van der Waals surface area contributed by atoms with Crippen molar-refractivity contribution in [2.75, 3.05) is 5.32 Å². The quantitative estimate of drug-likeness (QED) is 0.774. The molecule has 1 unspecified atom stereocenters. The van der Waals surface area contributed by atoms with Gasteiger partial charge in [0.25, 0.3) is 0 Å². The van der Waals surface area contributed by atoms with Crippen molar-refractivity contribution in [3.05, 3.63) is 30.1 Å². The number of anilines is 1. The number of nitrogens with one attached hydrogen (secondary N) is 1. The molecular weight excluding hydrogens is 169 g/mol. The lowest BCUT2D eigenvalue weighted by Gasteiger charge is -2.11. The standard InChI is InChI=1S/C10H12FNO/c1-7(8(2)13)12-10-5-3-9(11)4-6-10/h3-7,12H,1-2H3. The molecule has 0 radical (unpaired) electrons. The molecule has 0 aromatic heterocycles. The molecule has 1 N–H and O–H groups in total. The second kappa shape index (κ2) is 4.03. The molecule has 0 fully saturated rings. The van der Waals surface area contributed by atoms with Gasteiger partial charge in [0, 0.05) is 5.69 Å². The summed E-state index contributed by atoms with van der Waals surface area (Å²) in [4.78, 5) is 10.9. The topological polar surface area (TPSA) is 29.1 Å². The van der Waals surface area contributed by atoms with Crippen LogP contribution in [0.25, 0.3) is 0 Å². The van der Waals surface area contributed by atoms with Crippen LogP contribution in [-0.4, -0.2) is 11.8 Å². The van der Waals surface area contributed by atoms with Crippen molar-refractivity contribution in [3.63, 3.8) is 0 Å². The number of hydrogen-bond donors (Lipinski definition) is 1. The highest BCUT2D eigenvalue weighted by atomic mass is 19.1. The molecule has 70 valence electrons. The van der Waals surface area contributed by atoms with Crippen LogP contribution in [0.5, 0.6) is 0 Å². The van der Waals surface area contributed by atoms with Gasteiger partial charge in [0.2, 0.25) is 0 Å². The maximum Gasteiger partial charge on any atom is 0.151 e. The fourth-order valence-corrected chi connectivity index (χ4v) is 0.898. The van der Waals surface area contributed by atoms with E-state index in [-0.39, 0.29) is 17.6 Å². The highest BCUT2D eigenvalue weighted by Crippen LogP contribution is 2.09. The van der Waals surface area contributed by atoms with Crippen LogP contribution < -0.4 is 5.32 Å². The molecule has 0 bridgehead atoms. The first kappa shape index (κ1) is 9.71. The first-order valence-electron chi connectivity index (χ1n) is 4.12. The van der Waals surface area contributed by atoms with Crippen LogP contribution in [-0.2, 0) is 4.79 Å².